The van der Waals surface area contributed by atoms with Crippen molar-refractivity contribution in [3.05, 3.63) is 34.3 Å². The average Bonchev–Trinajstić information content (AvgIpc) is 3.37. The van der Waals surface area contributed by atoms with E-state index in [1.54, 1.807) is 0 Å². The van der Waals surface area contributed by atoms with Crippen LogP contribution in [0, 0.1) is 0 Å². The maximum absolute atomic E-state index is 12.6. The number of amides is 1. The van der Waals surface area contributed by atoms with Crippen LogP contribution in [0.5, 0.6) is 0 Å². The van der Waals surface area contributed by atoms with Gasteiger partial charge in [0, 0.05) is 23.2 Å². The number of halogens is 1. The van der Waals surface area contributed by atoms with Crippen LogP contribution in [0.1, 0.15) is 79.4 Å². The first-order valence-electron chi connectivity index (χ1n) is 10.6. The molecule has 0 spiro atoms. The highest BCUT2D eigenvalue weighted by Crippen LogP contribution is 2.34. The second-order valence-electron chi connectivity index (χ2n) is 10.8. The quantitative estimate of drug-likeness (QED) is 0.501. The number of ether oxygens (including phenoxy) is 1. The number of nitrogens with zero attached hydrogens (tertiary/aromatic N) is 1. The van der Waals surface area contributed by atoms with Crippen LogP contribution in [-0.2, 0) is 21.2 Å². The van der Waals surface area contributed by atoms with E-state index in [1.807, 2.05) is 37.8 Å². The van der Waals surface area contributed by atoms with E-state index < -0.39 is 21.0 Å². The molecule has 6 heteroatoms. The first kappa shape index (κ1) is 24.2. The molecule has 1 fully saturated rings. The third-order valence-corrected chi connectivity index (χ3v) is 6.86. The van der Waals surface area contributed by atoms with Crippen molar-refractivity contribution < 1.29 is 14.0 Å². The van der Waals surface area contributed by atoms with Crippen molar-refractivity contribution >= 4 is 27.5 Å². The lowest BCUT2D eigenvalue weighted by molar-refractivity contribution is 0.0236. The van der Waals surface area contributed by atoms with Gasteiger partial charge in [0.2, 0.25) is 0 Å². The zero-order valence-electron chi connectivity index (χ0n) is 19.4. The molecule has 1 aromatic carbocycles. The highest BCUT2D eigenvalue weighted by molar-refractivity contribution is 6.32. The van der Waals surface area contributed by atoms with E-state index in [9.17, 15) is 4.79 Å². The van der Waals surface area contributed by atoms with Crippen LogP contribution >= 0.6 is 11.6 Å². The predicted octanol–water partition coefficient (Wildman–Crippen LogP) is 5.84. The van der Waals surface area contributed by atoms with Crippen LogP contribution in [0.4, 0.5) is 4.79 Å². The smallest absolute Gasteiger partial charge is 0.410 e. The number of rotatable bonds is 7. The number of carbonyl (C=O) groups excluding carboxylic acids is 1. The van der Waals surface area contributed by atoms with Crippen LogP contribution < -0.4 is 0 Å². The summed E-state index contributed by atoms with van der Waals surface area (Å²) in [5, 5.41) is 0.951. The summed E-state index contributed by atoms with van der Waals surface area (Å²) in [6, 6.07) is 6.45. The second-order valence-corrected chi connectivity index (χ2v) is 13.9. The molecule has 1 aliphatic carbocycles. The number of hydrogen-bond acceptors (Lipinski definition) is 3. The Morgan fingerprint density at radius 3 is 2.28 bits per heavy atom. The first-order valence-corrected chi connectivity index (χ1v) is 12.3. The van der Waals surface area contributed by atoms with Crippen molar-refractivity contribution in [2.24, 2.45) is 0 Å². The highest BCUT2D eigenvalue weighted by Gasteiger charge is 2.35. The fourth-order valence-electron chi connectivity index (χ4n) is 3.04. The summed E-state index contributed by atoms with van der Waals surface area (Å²) >= 11 is 6.53. The largest absolute Gasteiger partial charge is 0.444 e. The zero-order valence-corrected chi connectivity index (χ0v) is 21.6. The van der Waals surface area contributed by atoms with Crippen LogP contribution in [0.25, 0.3) is 0 Å². The molecule has 1 saturated carbocycles. The minimum Gasteiger partial charge on any atom is -0.444 e. The van der Waals surface area contributed by atoms with Crippen LogP contribution in [0.2, 0.25) is 10.1 Å². The Balaban J connectivity index is 2.09. The van der Waals surface area contributed by atoms with Crippen molar-refractivity contribution in [3.63, 3.8) is 0 Å². The van der Waals surface area contributed by atoms with Gasteiger partial charge in [-0.25, -0.2) is 4.79 Å². The topological polar surface area (TPSA) is 38.8 Å². The third-order valence-electron chi connectivity index (χ3n) is 4.80. The molecular formula is C23H38ClNO3Si. The number of carbonyl (C=O) groups is 1. The summed E-state index contributed by atoms with van der Waals surface area (Å²) in [4.78, 5) is 14.5. The first-order chi connectivity index (χ1) is 13.2. The van der Waals surface area contributed by atoms with Gasteiger partial charge in [-0.2, -0.15) is 0 Å². The minimum atomic E-state index is -0.709. The SMILES string of the molecule is CC(C)(C)OC(=O)N(CCc1ccc(Cl)c(C(C)(C)O[SiH2]C(C)(C)C)c1)C1CC1. The van der Waals surface area contributed by atoms with Crippen molar-refractivity contribution in [2.45, 2.75) is 96.9 Å². The monoisotopic (exact) mass is 439 g/mol. The molecule has 2 rings (SSSR count). The predicted molar refractivity (Wildman–Crippen MR) is 123 cm³/mol. The van der Waals surface area contributed by atoms with Gasteiger partial charge < -0.3 is 14.1 Å². The Bertz CT molecular complexity index is 718. The normalized spacial score (nSPS) is 15.8. The molecule has 0 saturated heterocycles. The summed E-state index contributed by atoms with van der Waals surface area (Å²) < 4.78 is 12.0. The molecule has 0 aliphatic heterocycles. The van der Waals surface area contributed by atoms with Gasteiger partial charge in [0.1, 0.15) is 5.60 Å². The summed E-state index contributed by atoms with van der Waals surface area (Å²) in [7, 11) is -0.709. The molecule has 0 N–H and O–H groups in total. The lowest BCUT2D eigenvalue weighted by Gasteiger charge is -2.31. The van der Waals surface area contributed by atoms with Gasteiger partial charge >= 0.3 is 6.09 Å². The van der Waals surface area contributed by atoms with Gasteiger partial charge in [-0.3, -0.25) is 0 Å². The Labute approximate surface area is 184 Å². The van der Waals surface area contributed by atoms with Crippen LogP contribution in [0.15, 0.2) is 18.2 Å². The van der Waals surface area contributed by atoms with E-state index in [-0.39, 0.29) is 11.1 Å². The summed E-state index contributed by atoms with van der Waals surface area (Å²) in [5.74, 6) is 0. The van der Waals surface area contributed by atoms with Crippen molar-refractivity contribution in [1.82, 2.24) is 4.90 Å². The Morgan fingerprint density at radius 2 is 1.76 bits per heavy atom. The molecule has 4 nitrogen and oxygen atoms in total. The van der Waals surface area contributed by atoms with Crippen molar-refractivity contribution in [3.8, 4) is 0 Å². The Morgan fingerprint density at radius 1 is 1.14 bits per heavy atom. The molecule has 164 valence electrons. The van der Waals surface area contributed by atoms with E-state index in [0.717, 1.165) is 35.4 Å². The number of benzene rings is 1. The van der Waals surface area contributed by atoms with Gasteiger partial charge in [-0.05, 0) is 70.5 Å². The molecule has 29 heavy (non-hydrogen) atoms. The van der Waals surface area contributed by atoms with Gasteiger partial charge in [0.25, 0.3) is 0 Å². The molecule has 0 aromatic heterocycles. The molecule has 1 aromatic rings. The van der Waals surface area contributed by atoms with Crippen LogP contribution in [-0.4, -0.2) is 38.9 Å². The van der Waals surface area contributed by atoms with E-state index in [4.69, 9.17) is 20.8 Å². The van der Waals surface area contributed by atoms with Crippen molar-refractivity contribution in [1.29, 1.82) is 0 Å². The van der Waals surface area contributed by atoms with Gasteiger partial charge in [0.05, 0.1) is 5.60 Å². The molecule has 0 atom stereocenters. The van der Waals surface area contributed by atoms with Gasteiger partial charge in [-0.1, -0.05) is 44.5 Å². The van der Waals surface area contributed by atoms with Crippen molar-refractivity contribution in [2.75, 3.05) is 6.54 Å². The fourth-order valence-corrected chi connectivity index (χ4v) is 4.34. The molecular weight excluding hydrogens is 402 g/mol. The Hall–Kier alpha value is -1.04. The summed E-state index contributed by atoms with van der Waals surface area (Å²) in [6.45, 7) is 17.2. The highest BCUT2D eigenvalue weighted by atomic mass is 35.5. The number of hydrogen-bond donors (Lipinski definition) is 0. The molecule has 0 radical (unpaired) electrons. The summed E-state index contributed by atoms with van der Waals surface area (Å²) in [5.41, 5.74) is 1.28. The average molecular weight is 440 g/mol. The summed E-state index contributed by atoms with van der Waals surface area (Å²) in [6.07, 6.45) is 2.67. The zero-order chi connectivity index (χ0) is 22.0. The van der Waals surface area contributed by atoms with E-state index in [2.05, 4.69) is 40.7 Å². The third kappa shape index (κ3) is 7.95. The minimum absolute atomic E-state index is 0.214. The maximum atomic E-state index is 12.6. The van der Waals surface area contributed by atoms with E-state index in [0.29, 0.717) is 12.6 Å². The van der Waals surface area contributed by atoms with Gasteiger partial charge in [-0.15, -0.1) is 0 Å². The molecule has 1 aliphatic rings. The fraction of sp³-hybridized carbons (Fsp3) is 0.696. The molecule has 1 amide bonds. The van der Waals surface area contributed by atoms with Gasteiger partial charge in [0.15, 0.2) is 9.76 Å². The van der Waals surface area contributed by atoms with E-state index in [1.165, 1.54) is 0 Å². The Kier molecular flexibility index (Phi) is 7.51. The van der Waals surface area contributed by atoms with Crippen LogP contribution in [0.3, 0.4) is 0 Å². The molecule has 0 unspecified atom stereocenters. The maximum Gasteiger partial charge on any atom is 0.410 e. The lowest BCUT2D eigenvalue weighted by atomic mass is 9.95. The molecule has 0 heterocycles. The standard InChI is InChI=1S/C23H38ClNO3Si/c1-21(2,3)27-20(26)25(17-10-11-17)14-13-16-9-12-19(24)18(15-16)23(7,8)28-29-22(4,5)6/h9,12,15,17H,10-11,13-14,29H2,1-8H3. The van der Waals surface area contributed by atoms with E-state index >= 15 is 0 Å². The lowest BCUT2D eigenvalue weighted by Crippen LogP contribution is -2.39. The molecule has 0 bridgehead atoms. The second kappa shape index (κ2) is 8.99.